The molecule has 3 rings (SSSR count). The lowest BCUT2D eigenvalue weighted by Crippen LogP contribution is -2.49. The topological polar surface area (TPSA) is 121 Å². The molecule has 2 heterocycles. The van der Waals surface area contributed by atoms with E-state index >= 15 is 0 Å². The second-order valence-electron chi connectivity index (χ2n) is 7.65. The number of nitrogens with one attached hydrogen (secondary N) is 2. The van der Waals surface area contributed by atoms with Crippen LogP contribution in [0.5, 0.6) is 0 Å². The number of ether oxygens (including phenoxy) is 1. The van der Waals surface area contributed by atoms with Gasteiger partial charge in [-0.25, -0.2) is 4.98 Å². The van der Waals surface area contributed by atoms with Crippen molar-refractivity contribution in [3.8, 4) is 10.4 Å². The minimum atomic E-state index is -0.641. The van der Waals surface area contributed by atoms with E-state index in [1.165, 1.54) is 7.11 Å². The fraction of sp³-hybridized carbons (Fsp3) is 0.455. The maximum Gasteiger partial charge on any atom is 0.248 e. The highest BCUT2D eigenvalue weighted by atomic mass is 32.1. The lowest BCUT2D eigenvalue weighted by molar-refractivity contribution is -0.147. The first-order chi connectivity index (χ1) is 15.4. The number of methoxy groups -OCH3 is 1. The molecule has 2 atom stereocenters. The highest BCUT2D eigenvalue weighted by molar-refractivity contribution is 7.13. The second kappa shape index (κ2) is 11.3. The van der Waals surface area contributed by atoms with Crippen LogP contribution in [0.3, 0.4) is 0 Å². The van der Waals surface area contributed by atoms with Crippen LogP contribution in [0.1, 0.15) is 24.1 Å². The highest BCUT2D eigenvalue weighted by Gasteiger charge is 2.34. The van der Waals surface area contributed by atoms with Crippen LogP contribution in [0.2, 0.25) is 0 Å². The van der Waals surface area contributed by atoms with Gasteiger partial charge in [0, 0.05) is 20.1 Å². The van der Waals surface area contributed by atoms with Gasteiger partial charge in [-0.3, -0.25) is 19.3 Å². The zero-order chi connectivity index (χ0) is 23.1. The molecular formula is C22H28N4O5S. The number of aromatic nitrogens is 1. The fourth-order valence-electron chi connectivity index (χ4n) is 3.46. The largest absolute Gasteiger partial charge is 0.392 e. The van der Waals surface area contributed by atoms with Gasteiger partial charge in [0.05, 0.1) is 47.9 Å². The van der Waals surface area contributed by atoms with E-state index in [9.17, 15) is 19.5 Å². The molecule has 0 aliphatic carbocycles. The highest BCUT2D eigenvalue weighted by Crippen LogP contribution is 2.27. The van der Waals surface area contributed by atoms with Crippen molar-refractivity contribution in [1.82, 2.24) is 20.5 Å². The van der Waals surface area contributed by atoms with Gasteiger partial charge in [0.1, 0.15) is 0 Å². The van der Waals surface area contributed by atoms with Gasteiger partial charge >= 0.3 is 0 Å². The third-order valence-electron chi connectivity index (χ3n) is 5.25. The summed E-state index contributed by atoms with van der Waals surface area (Å²) >= 11 is 1.55. The van der Waals surface area contributed by atoms with Crippen LogP contribution in [-0.2, 0) is 25.7 Å². The molecule has 9 nitrogen and oxygen atoms in total. The van der Waals surface area contributed by atoms with Crippen LogP contribution < -0.4 is 10.6 Å². The Kier molecular flexibility index (Phi) is 8.46. The molecule has 1 saturated heterocycles. The van der Waals surface area contributed by atoms with Crippen LogP contribution in [0.25, 0.3) is 10.4 Å². The number of benzene rings is 1. The Morgan fingerprint density at radius 3 is 2.66 bits per heavy atom. The summed E-state index contributed by atoms with van der Waals surface area (Å²) < 4.78 is 4.86. The van der Waals surface area contributed by atoms with E-state index < -0.39 is 24.0 Å². The van der Waals surface area contributed by atoms with Gasteiger partial charge in [-0.1, -0.05) is 24.3 Å². The van der Waals surface area contributed by atoms with Crippen LogP contribution in [-0.4, -0.2) is 71.7 Å². The van der Waals surface area contributed by atoms with E-state index in [2.05, 4.69) is 15.6 Å². The molecule has 0 bridgehead atoms. The minimum Gasteiger partial charge on any atom is -0.392 e. The normalized spacial score (nSPS) is 17.8. The van der Waals surface area contributed by atoms with Crippen molar-refractivity contribution in [1.29, 1.82) is 0 Å². The Balaban J connectivity index is 1.71. The Labute approximate surface area is 190 Å². The Hall–Kier alpha value is -2.66. The van der Waals surface area contributed by atoms with Gasteiger partial charge in [-0.2, -0.15) is 0 Å². The second-order valence-corrected chi connectivity index (χ2v) is 8.51. The van der Waals surface area contributed by atoms with E-state index in [-0.39, 0.29) is 38.4 Å². The molecule has 1 aromatic carbocycles. The molecule has 0 saturated carbocycles. The van der Waals surface area contributed by atoms with Gasteiger partial charge < -0.3 is 20.5 Å². The standard InChI is InChI=1S/C22H28N4O5S/c1-14-21(32-13-25-14)16-5-3-15(4-6-16)12-26(22(30)18-9-17(27)10-23-18)20(29)11-24-19(28)7-8-31-2/h3-6,13,17-18,23,27H,7-12H2,1-2H3,(H,24,28)/t17-,18+/m1/s1. The number of aliphatic hydroxyl groups excluding tert-OH is 1. The SMILES string of the molecule is COCCC(=O)NCC(=O)N(Cc1ccc(-c2scnc2C)cc1)C(=O)[C@@H]1C[C@@H](O)CN1. The molecule has 0 unspecified atom stereocenters. The van der Waals surface area contributed by atoms with Gasteiger partial charge in [0.25, 0.3) is 0 Å². The number of nitrogens with zero attached hydrogens (tertiary/aromatic N) is 2. The number of amides is 3. The smallest absolute Gasteiger partial charge is 0.248 e. The van der Waals surface area contributed by atoms with Gasteiger partial charge in [-0.15, -0.1) is 11.3 Å². The third kappa shape index (κ3) is 6.19. The van der Waals surface area contributed by atoms with E-state index in [0.29, 0.717) is 6.54 Å². The Morgan fingerprint density at radius 2 is 2.06 bits per heavy atom. The number of aryl methyl sites for hydroxylation is 1. The first kappa shape index (κ1) is 24.0. The number of thiazole rings is 1. The van der Waals surface area contributed by atoms with Crippen LogP contribution in [0, 0.1) is 6.92 Å². The molecule has 1 aliphatic heterocycles. The Morgan fingerprint density at radius 1 is 1.31 bits per heavy atom. The number of β-amino-alcohol motifs (C(OH)–C–C–N with tert-alkyl or cyclic N) is 1. The number of imide groups is 1. The molecule has 3 amide bonds. The predicted molar refractivity (Wildman–Crippen MR) is 120 cm³/mol. The van der Waals surface area contributed by atoms with Crippen molar-refractivity contribution < 1.29 is 24.2 Å². The molecule has 10 heteroatoms. The lowest BCUT2D eigenvalue weighted by Gasteiger charge is -2.24. The molecule has 0 spiro atoms. The summed E-state index contributed by atoms with van der Waals surface area (Å²) in [6.07, 6.45) is -0.254. The lowest BCUT2D eigenvalue weighted by atomic mass is 10.1. The van der Waals surface area contributed by atoms with Gasteiger partial charge in [0.2, 0.25) is 17.7 Å². The molecular weight excluding hydrogens is 432 g/mol. The zero-order valence-electron chi connectivity index (χ0n) is 18.2. The van der Waals surface area contributed by atoms with Crippen LogP contribution in [0.15, 0.2) is 29.8 Å². The van der Waals surface area contributed by atoms with Crippen LogP contribution in [0.4, 0.5) is 0 Å². The number of aliphatic hydroxyl groups is 1. The van der Waals surface area contributed by atoms with Gasteiger partial charge in [0.15, 0.2) is 0 Å². The molecule has 0 radical (unpaired) electrons. The average Bonchev–Trinajstić information content (AvgIpc) is 3.42. The third-order valence-corrected chi connectivity index (χ3v) is 6.22. The number of carbonyl (C=O) groups excluding carboxylic acids is 3. The molecule has 3 N–H and O–H groups in total. The summed E-state index contributed by atoms with van der Waals surface area (Å²) in [5.41, 5.74) is 4.54. The predicted octanol–water partition coefficient (Wildman–Crippen LogP) is 0.849. The molecule has 2 aromatic rings. The summed E-state index contributed by atoms with van der Waals surface area (Å²) in [4.78, 5) is 44.2. The van der Waals surface area contributed by atoms with E-state index in [4.69, 9.17) is 4.74 Å². The van der Waals surface area contributed by atoms with Crippen molar-refractivity contribution in [2.45, 2.75) is 38.5 Å². The van der Waals surface area contributed by atoms with Crippen molar-refractivity contribution in [3.63, 3.8) is 0 Å². The van der Waals surface area contributed by atoms with Gasteiger partial charge in [-0.05, 0) is 24.5 Å². The summed E-state index contributed by atoms with van der Waals surface area (Å²) in [5.74, 6) is -1.25. The van der Waals surface area contributed by atoms with Crippen molar-refractivity contribution in [2.75, 3.05) is 26.8 Å². The first-order valence-electron chi connectivity index (χ1n) is 10.4. The summed E-state index contributed by atoms with van der Waals surface area (Å²) in [6.45, 7) is 2.28. The van der Waals surface area contributed by atoms with E-state index in [1.54, 1.807) is 16.8 Å². The first-order valence-corrected chi connectivity index (χ1v) is 11.3. The number of hydrogen-bond donors (Lipinski definition) is 3. The maximum atomic E-state index is 13.0. The zero-order valence-corrected chi connectivity index (χ0v) is 19.0. The number of carbonyl (C=O) groups is 3. The molecule has 32 heavy (non-hydrogen) atoms. The monoisotopic (exact) mass is 460 g/mol. The summed E-state index contributed by atoms with van der Waals surface area (Å²) in [6, 6.07) is 6.98. The van der Waals surface area contributed by atoms with Crippen LogP contribution >= 0.6 is 11.3 Å². The number of hydrogen-bond acceptors (Lipinski definition) is 8. The van der Waals surface area contributed by atoms with Crippen molar-refractivity contribution in [2.24, 2.45) is 0 Å². The van der Waals surface area contributed by atoms with Crippen molar-refractivity contribution in [3.05, 3.63) is 41.0 Å². The average molecular weight is 461 g/mol. The van der Waals surface area contributed by atoms with E-state index in [1.807, 2.05) is 31.2 Å². The summed E-state index contributed by atoms with van der Waals surface area (Å²) in [7, 11) is 1.49. The van der Waals surface area contributed by atoms with E-state index in [0.717, 1.165) is 26.6 Å². The molecule has 1 aliphatic rings. The number of rotatable bonds is 9. The summed E-state index contributed by atoms with van der Waals surface area (Å²) in [5, 5.41) is 15.3. The fourth-order valence-corrected chi connectivity index (χ4v) is 4.27. The Bertz CT molecular complexity index is 946. The molecule has 172 valence electrons. The molecule has 1 aromatic heterocycles. The maximum absolute atomic E-state index is 13.0. The quantitative estimate of drug-likeness (QED) is 0.507. The minimum absolute atomic E-state index is 0.0713. The molecule has 1 fully saturated rings. The van der Waals surface area contributed by atoms with Crippen molar-refractivity contribution >= 4 is 29.1 Å².